The molecule has 0 spiro atoms. The Morgan fingerprint density at radius 2 is 1.94 bits per heavy atom. The van der Waals surface area contributed by atoms with Crippen LogP contribution in [0.5, 0.6) is 0 Å². The third-order valence-corrected chi connectivity index (χ3v) is 5.38. The average Bonchev–Trinajstić information content (AvgIpc) is 3.18. The number of carbonyl (C=O) groups excluding carboxylic acids is 2. The van der Waals surface area contributed by atoms with E-state index in [-0.39, 0.29) is 29.3 Å². The van der Waals surface area contributed by atoms with Crippen molar-refractivity contribution in [2.45, 2.75) is 39.3 Å². The van der Waals surface area contributed by atoms with Crippen molar-refractivity contribution in [1.82, 2.24) is 20.4 Å². The van der Waals surface area contributed by atoms with E-state index in [2.05, 4.69) is 15.7 Å². The SMILES string of the molecule is CC(C)(C)n1cc(C(=O)NCc2ccc3c(c2)C(=O)NCC3)c(-c2ccc(F)cc2F)n1. The molecule has 2 heterocycles. The van der Waals surface area contributed by atoms with Gasteiger partial charge < -0.3 is 10.6 Å². The molecule has 4 rings (SSSR count). The summed E-state index contributed by atoms with van der Waals surface area (Å²) in [7, 11) is 0. The molecule has 6 nitrogen and oxygen atoms in total. The van der Waals surface area contributed by atoms with E-state index >= 15 is 0 Å². The van der Waals surface area contributed by atoms with Crippen LogP contribution in [0.4, 0.5) is 8.78 Å². The zero-order valence-electron chi connectivity index (χ0n) is 18.1. The lowest BCUT2D eigenvalue weighted by Crippen LogP contribution is -2.32. The Bertz CT molecular complexity index is 1210. The van der Waals surface area contributed by atoms with Crippen LogP contribution in [-0.4, -0.2) is 28.1 Å². The van der Waals surface area contributed by atoms with Crippen LogP contribution in [0, 0.1) is 11.6 Å². The lowest BCUT2D eigenvalue weighted by Gasteiger charge is -2.18. The largest absolute Gasteiger partial charge is 0.352 e. The molecule has 1 aliphatic heterocycles. The van der Waals surface area contributed by atoms with Gasteiger partial charge in [0.15, 0.2) is 0 Å². The Morgan fingerprint density at radius 1 is 1.16 bits per heavy atom. The minimum atomic E-state index is -0.793. The fraction of sp³-hybridized carbons (Fsp3) is 0.292. The average molecular weight is 438 g/mol. The number of amides is 2. The molecule has 166 valence electrons. The van der Waals surface area contributed by atoms with Crippen LogP contribution in [0.1, 0.15) is 52.6 Å². The van der Waals surface area contributed by atoms with E-state index in [1.165, 1.54) is 6.07 Å². The molecule has 0 aliphatic carbocycles. The highest BCUT2D eigenvalue weighted by molar-refractivity contribution is 6.00. The first-order chi connectivity index (χ1) is 15.1. The van der Waals surface area contributed by atoms with Crippen LogP contribution in [0.15, 0.2) is 42.6 Å². The first-order valence-corrected chi connectivity index (χ1v) is 10.4. The van der Waals surface area contributed by atoms with Crippen LogP contribution in [0.2, 0.25) is 0 Å². The van der Waals surface area contributed by atoms with Crippen molar-refractivity contribution in [3.63, 3.8) is 0 Å². The summed E-state index contributed by atoms with van der Waals surface area (Å²) < 4.78 is 29.5. The number of fused-ring (bicyclic) bond motifs is 1. The number of hydrogen-bond donors (Lipinski definition) is 2. The summed E-state index contributed by atoms with van der Waals surface area (Å²) in [6.45, 7) is 6.52. The molecule has 2 amide bonds. The third-order valence-electron chi connectivity index (χ3n) is 5.38. The van der Waals surface area contributed by atoms with E-state index in [0.717, 1.165) is 29.7 Å². The van der Waals surface area contributed by atoms with Crippen LogP contribution in [0.3, 0.4) is 0 Å². The first-order valence-electron chi connectivity index (χ1n) is 10.4. The molecule has 1 aromatic heterocycles. The zero-order chi connectivity index (χ0) is 23.0. The van der Waals surface area contributed by atoms with Gasteiger partial charge in [0.2, 0.25) is 0 Å². The minimum Gasteiger partial charge on any atom is -0.352 e. The lowest BCUT2D eigenvalue weighted by atomic mass is 9.98. The Labute approximate surface area is 184 Å². The number of nitrogens with one attached hydrogen (secondary N) is 2. The number of hydrogen-bond acceptors (Lipinski definition) is 3. The maximum absolute atomic E-state index is 14.5. The highest BCUT2D eigenvalue weighted by atomic mass is 19.1. The topological polar surface area (TPSA) is 76.0 Å². The quantitative estimate of drug-likeness (QED) is 0.651. The summed E-state index contributed by atoms with van der Waals surface area (Å²) in [5, 5.41) is 10.1. The highest BCUT2D eigenvalue weighted by Crippen LogP contribution is 2.28. The van der Waals surface area contributed by atoms with Gasteiger partial charge in [-0.1, -0.05) is 12.1 Å². The fourth-order valence-electron chi connectivity index (χ4n) is 3.61. The highest BCUT2D eigenvalue weighted by Gasteiger charge is 2.25. The number of rotatable bonds is 4. The van der Waals surface area contributed by atoms with Gasteiger partial charge in [0.25, 0.3) is 11.8 Å². The van der Waals surface area contributed by atoms with Gasteiger partial charge in [-0.2, -0.15) is 5.10 Å². The van der Waals surface area contributed by atoms with Crippen molar-refractivity contribution in [1.29, 1.82) is 0 Å². The van der Waals surface area contributed by atoms with E-state index in [4.69, 9.17) is 0 Å². The molecule has 0 atom stereocenters. The molecule has 0 bridgehead atoms. The molecule has 0 unspecified atom stereocenters. The van der Waals surface area contributed by atoms with Crippen molar-refractivity contribution in [3.8, 4) is 11.3 Å². The Morgan fingerprint density at radius 3 is 2.66 bits per heavy atom. The predicted molar refractivity (Wildman–Crippen MR) is 116 cm³/mol. The number of benzene rings is 2. The number of carbonyl (C=O) groups is 2. The van der Waals surface area contributed by atoms with Gasteiger partial charge in [0, 0.05) is 36.5 Å². The van der Waals surface area contributed by atoms with Gasteiger partial charge >= 0.3 is 0 Å². The van der Waals surface area contributed by atoms with E-state index in [1.807, 2.05) is 32.9 Å². The van der Waals surface area contributed by atoms with Gasteiger partial charge in [0.1, 0.15) is 17.3 Å². The van der Waals surface area contributed by atoms with Gasteiger partial charge in [0.05, 0.1) is 11.1 Å². The van der Waals surface area contributed by atoms with Gasteiger partial charge in [-0.25, -0.2) is 8.78 Å². The Kier molecular flexibility index (Phi) is 5.54. The molecule has 0 radical (unpaired) electrons. The Balaban J connectivity index is 1.62. The molecule has 2 N–H and O–H groups in total. The van der Waals surface area contributed by atoms with E-state index in [1.54, 1.807) is 16.9 Å². The smallest absolute Gasteiger partial charge is 0.255 e. The molecular formula is C24H24F2N4O2. The molecule has 0 fully saturated rings. The molecule has 0 saturated carbocycles. The lowest BCUT2D eigenvalue weighted by molar-refractivity contribution is 0.0942. The predicted octanol–water partition coefficient (Wildman–Crippen LogP) is 3.80. The second kappa shape index (κ2) is 8.18. The first kappa shape index (κ1) is 21.7. The third kappa shape index (κ3) is 4.26. The van der Waals surface area contributed by atoms with Crippen LogP contribution >= 0.6 is 0 Å². The van der Waals surface area contributed by atoms with Crippen molar-refractivity contribution < 1.29 is 18.4 Å². The molecule has 2 aromatic carbocycles. The van der Waals surface area contributed by atoms with Crippen molar-refractivity contribution in [2.75, 3.05) is 6.54 Å². The zero-order valence-corrected chi connectivity index (χ0v) is 18.1. The monoisotopic (exact) mass is 438 g/mol. The standard InChI is InChI=1S/C24H24F2N4O2/c1-24(2,3)30-13-19(21(29-30)17-7-6-16(25)11-20(17)26)23(32)28-12-14-4-5-15-8-9-27-22(31)18(15)10-14/h4-7,10-11,13H,8-9,12H2,1-3H3,(H,27,31)(H,28,32). The normalized spacial score (nSPS) is 13.5. The second-order valence-corrected chi connectivity index (χ2v) is 8.81. The maximum Gasteiger partial charge on any atom is 0.255 e. The van der Waals surface area contributed by atoms with Gasteiger partial charge in [-0.15, -0.1) is 0 Å². The fourth-order valence-corrected chi connectivity index (χ4v) is 3.61. The number of aromatic nitrogens is 2. The summed E-state index contributed by atoms with van der Waals surface area (Å²) >= 11 is 0. The van der Waals surface area contributed by atoms with E-state index < -0.39 is 23.1 Å². The Hall–Kier alpha value is -3.55. The van der Waals surface area contributed by atoms with Gasteiger partial charge in [-0.3, -0.25) is 14.3 Å². The molecule has 0 saturated heterocycles. The summed E-state index contributed by atoms with van der Waals surface area (Å²) in [5.74, 6) is -2.07. The van der Waals surface area contributed by atoms with E-state index in [9.17, 15) is 18.4 Å². The maximum atomic E-state index is 14.5. The summed E-state index contributed by atoms with van der Waals surface area (Å²) in [6, 6.07) is 8.71. The van der Waals surface area contributed by atoms with Crippen molar-refractivity contribution in [2.24, 2.45) is 0 Å². The van der Waals surface area contributed by atoms with Gasteiger partial charge in [-0.05, 0) is 56.5 Å². The van der Waals surface area contributed by atoms with Crippen molar-refractivity contribution >= 4 is 11.8 Å². The second-order valence-electron chi connectivity index (χ2n) is 8.81. The van der Waals surface area contributed by atoms with E-state index in [0.29, 0.717) is 12.1 Å². The molecule has 8 heteroatoms. The van der Waals surface area contributed by atoms with Crippen molar-refractivity contribution in [3.05, 3.63) is 76.5 Å². The molecule has 32 heavy (non-hydrogen) atoms. The number of halogens is 2. The molecule has 3 aromatic rings. The van der Waals surface area contributed by atoms with Crippen LogP contribution in [0.25, 0.3) is 11.3 Å². The molecule has 1 aliphatic rings. The molecular weight excluding hydrogens is 414 g/mol. The summed E-state index contributed by atoms with van der Waals surface area (Å²) in [6.07, 6.45) is 2.33. The van der Waals surface area contributed by atoms with Crippen LogP contribution < -0.4 is 10.6 Å². The minimum absolute atomic E-state index is 0.0463. The van der Waals surface area contributed by atoms with Crippen LogP contribution in [-0.2, 0) is 18.5 Å². The number of nitrogens with zero attached hydrogens (tertiary/aromatic N) is 2. The summed E-state index contributed by atoms with van der Waals surface area (Å²) in [5.41, 5.74) is 2.27. The summed E-state index contributed by atoms with van der Waals surface area (Å²) in [4.78, 5) is 25.1.